The molecule has 14 heteroatoms. The van der Waals surface area contributed by atoms with E-state index in [1.165, 1.54) is 23.9 Å². The number of rotatable bonds is 7. The summed E-state index contributed by atoms with van der Waals surface area (Å²) in [5, 5.41) is 6.08. The topological polar surface area (TPSA) is 132 Å². The Balaban J connectivity index is 1.34. The summed E-state index contributed by atoms with van der Waals surface area (Å²) in [5.41, 5.74) is 2.71. The van der Waals surface area contributed by atoms with Crippen LogP contribution in [0.25, 0.3) is 22.2 Å². The Labute approximate surface area is 224 Å². The molecule has 0 bridgehead atoms. The first-order valence-corrected chi connectivity index (χ1v) is 12.5. The molecule has 0 amide bonds. The van der Waals surface area contributed by atoms with Gasteiger partial charge in [-0.3, -0.25) is 9.59 Å². The second-order valence-electron chi connectivity index (χ2n) is 9.47. The van der Waals surface area contributed by atoms with Gasteiger partial charge >= 0.3 is 6.18 Å². The van der Waals surface area contributed by atoms with E-state index in [0.717, 1.165) is 12.3 Å². The van der Waals surface area contributed by atoms with Crippen molar-refractivity contribution < 1.29 is 22.3 Å². The van der Waals surface area contributed by atoms with Gasteiger partial charge in [-0.2, -0.15) is 18.3 Å². The van der Waals surface area contributed by atoms with Crippen LogP contribution in [0.5, 0.6) is 5.75 Å². The molecule has 1 fully saturated rings. The van der Waals surface area contributed by atoms with E-state index in [4.69, 9.17) is 10.5 Å². The first-order valence-electron chi connectivity index (χ1n) is 12.5. The maximum Gasteiger partial charge on any atom is 0.423 e. The van der Waals surface area contributed by atoms with E-state index in [1.54, 1.807) is 17.2 Å². The predicted octanol–water partition coefficient (Wildman–Crippen LogP) is 3.74. The van der Waals surface area contributed by atoms with Crippen LogP contribution in [0.3, 0.4) is 0 Å². The molecule has 0 aliphatic carbocycles. The van der Waals surface area contributed by atoms with Gasteiger partial charge in [0, 0.05) is 25.3 Å². The lowest BCUT2D eigenvalue weighted by Gasteiger charge is -2.28. The number of halogens is 4. The Kier molecular flexibility index (Phi) is 7.17. The van der Waals surface area contributed by atoms with Crippen LogP contribution >= 0.6 is 0 Å². The molecule has 3 N–H and O–H groups in total. The van der Waals surface area contributed by atoms with E-state index in [1.807, 2.05) is 5.10 Å². The molecule has 1 aromatic carbocycles. The largest absolute Gasteiger partial charge is 0.491 e. The van der Waals surface area contributed by atoms with Crippen molar-refractivity contribution in [3.8, 4) is 17.1 Å². The molecule has 4 aromatic rings. The molecule has 4 heterocycles. The molecule has 0 spiro atoms. The van der Waals surface area contributed by atoms with Crippen LogP contribution in [0.15, 0.2) is 46.4 Å². The van der Waals surface area contributed by atoms with Crippen molar-refractivity contribution in [2.24, 2.45) is 0 Å². The van der Waals surface area contributed by atoms with Gasteiger partial charge in [-0.1, -0.05) is 0 Å². The fraction of sp³-hybridized carbons (Fsp3) is 0.346. The number of aryl methyl sites for hydroxylation is 1. The van der Waals surface area contributed by atoms with Gasteiger partial charge in [-0.15, -0.1) is 0 Å². The van der Waals surface area contributed by atoms with E-state index in [9.17, 15) is 22.8 Å². The molecule has 0 radical (unpaired) electrons. The van der Waals surface area contributed by atoms with Crippen LogP contribution in [0.4, 0.5) is 29.1 Å². The number of nitrogens with zero attached hydrogens (tertiary/aromatic N) is 5. The molecule has 40 heavy (non-hydrogen) atoms. The Bertz CT molecular complexity index is 1690. The monoisotopic (exact) mass is 559 g/mol. The highest BCUT2D eigenvalue weighted by Gasteiger charge is 2.40. The SMILES string of the molecule is COc1cnc(-c2cc3ccn(CCCC4CCCN4c4cn[nH]c(=O)c4C(F)(F)F)c(=O)c3cc2F)nc1N. The van der Waals surface area contributed by atoms with E-state index < -0.39 is 28.7 Å². The molecule has 1 aliphatic heterocycles. The van der Waals surface area contributed by atoms with Crippen LogP contribution < -0.4 is 26.5 Å². The summed E-state index contributed by atoms with van der Waals surface area (Å²) < 4.78 is 62.2. The van der Waals surface area contributed by atoms with Gasteiger partial charge in [0.05, 0.1) is 36.1 Å². The number of hydrogen-bond donors (Lipinski definition) is 2. The molecule has 10 nitrogen and oxygen atoms in total. The minimum absolute atomic E-state index is 0.0484. The average Bonchev–Trinajstić information content (AvgIpc) is 3.37. The lowest BCUT2D eigenvalue weighted by Crippen LogP contribution is -2.35. The summed E-state index contributed by atoms with van der Waals surface area (Å²) >= 11 is 0. The summed E-state index contributed by atoms with van der Waals surface area (Å²) in [4.78, 5) is 34.8. The highest BCUT2D eigenvalue weighted by molar-refractivity contribution is 5.86. The zero-order valence-corrected chi connectivity index (χ0v) is 21.3. The third-order valence-electron chi connectivity index (χ3n) is 7.05. The van der Waals surface area contributed by atoms with Crippen LogP contribution in [-0.4, -0.2) is 44.4 Å². The van der Waals surface area contributed by atoms with Gasteiger partial charge in [-0.25, -0.2) is 19.5 Å². The van der Waals surface area contributed by atoms with E-state index in [0.29, 0.717) is 37.6 Å². The van der Waals surface area contributed by atoms with Gasteiger partial charge in [0.1, 0.15) is 11.4 Å². The van der Waals surface area contributed by atoms with Crippen molar-refractivity contribution in [2.75, 3.05) is 24.3 Å². The van der Waals surface area contributed by atoms with Crippen LogP contribution in [0.2, 0.25) is 0 Å². The number of ether oxygens (including phenoxy) is 1. The van der Waals surface area contributed by atoms with Gasteiger partial charge < -0.3 is 19.9 Å². The quantitative estimate of drug-likeness (QED) is 0.328. The lowest BCUT2D eigenvalue weighted by atomic mass is 10.1. The number of nitrogen functional groups attached to an aromatic ring is 1. The van der Waals surface area contributed by atoms with Gasteiger partial charge in [0.15, 0.2) is 17.4 Å². The van der Waals surface area contributed by atoms with Crippen molar-refractivity contribution in [3.63, 3.8) is 0 Å². The number of hydrogen-bond acceptors (Lipinski definition) is 8. The summed E-state index contributed by atoms with van der Waals surface area (Å²) in [6.45, 7) is 0.639. The number of methoxy groups -OCH3 is 1. The summed E-state index contributed by atoms with van der Waals surface area (Å²) in [5.74, 6) is -0.343. The second kappa shape index (κ2) is 10.6. The Hall–Kier alpha value is -4.49. The fourth-order valence-corrected chi connectivity index (χ4v) is 5.16. The number of aromatic nitrogens is 5. The molecule has 1 atom stereocenters. The van der Waals surface area contributed by atoms with Crippen molar-refractivity contribution in [1.29, 1.82) is 0 Å². The number of pyridine rings is 1. The zero-order chi connectivity index (χ0) is 28.6. The van der Waals surface area contributed by atoms with E-state index >= 15 is 4.39 Å². The molecule has 0 saturated carbocycles. The molecule has 1 unspecified atom stereocenters. The molecule has 3 aromatic heterocycles. The number of nitrogens with one attached hydrogen (secondary N) is 1. The van der Waals surface area contributed by atoms with Crippen LogP contribution in [0, 0.1) is 5.82 Å². The van der Waals surface area contributed by atoms with Crippen molar-refractivity contribution in [3.05, 3.63) is 68.9 Å². The van der Waals surface area contributed by atoms with Crippen LogP contribution in [0.1, 0.15) is 31.2 Å². The molecule has 5 rings (SSSR count). The second-order valence-corrected chi connectivity index (χ2v) is 9.47. The Morgan fingerprint density at radius 2 is 2.02 bits per heavy atom. The smallest absolute Gasteiger partial charge is 0.423 e. The van der Waals surface area contributed by atoms with Crippen molar-refractivity contribution in [2.45, 2.75) is 44.4 Å². The minimum atomic E-state index is -4.82. The minimum Gasteiger partial charge on any atom is -0.491 e. The number of aromatic amines is 1. The Morgan fingerprint density at radius 3 is 2.75 bits per heavy atom. The number of nitrogens with two attached hydrogens (primary N) is 1. The molecule has 1 saturated heterocycles. The summed E-state index contributed by atoms with van der Waals surface area (Å²) in [7, 11) is 1.41. The van der Waals surface area contributed by atoms with Crippen LogP contribution in [-0.2, 0) is 12.7 Å². The molecular weight excluding hydrogens is 534 g/mol. The first-order chi connectivity index (χ1) is 19.1. The average molecular weight is 560 g/mol. The summed E-state index contributed by atoms with van der Waals surface area (Å²) in [6, 6.07) is 4.02. The normalized spacial score (nSPS) is 15.6. The number of H-pyrrole nitrogens is 1. The molecular formula is C26H25F4N7O3. The molecule has 1 aliphatic rings. The van der Waals surface area contributed by atoms with Gasteiger partial charge in [0.25, 0.3) is 11.1 Å². The first kappa shape index (κ1) is 27.1. The van der Waals surface area contributed by atoms with Crippen molar-refractivity contribution >= 4 is 22.3 Å². The zero-order valence-electron chi connectivity index (χ0n) is 21.3. The summed E-state index contributed by atoms with van der Waals surface area (Å²) in [6.07, 6.45) is 1.40. The predicted molar refractivity (Wildman–Crippen MR) is 140 cm³/mol. The Morgan fingerprint density at radius 1 is 1.23 bits per heavy atom. The van der Waals surface area contributed by atoms with E-state index in [2.05, 4.69) is 15.1 Å². The maximum absolute atomic E-state index is 15.0. The lowest BCUT2D eigenvalue weighted by molar-refractivity contribution is -0.138. The number of fused-ring (bicyclic) bond motifs is 1. The third-order valence-corrected chi connectivity index (χ3v) is 7.05. The van der Waals surface area contributed by atoms with Crippen molar-refractivity contribution in [1.82, 2.24) is 24.7 Å². The standard InChI is InChI=1S/C26H25F4N7O3/c1-40-20-13-32-23(34-22(20)31)17-10-14-6-9-36(25(39)16(14)11-18(17)27)7-2-4-15-5-3-8-37(15)19-12-33-35-24(38)21(19)26(28,29)30/h6,9-13,15H,2-5,7-8H2,1H3,(H,35,38)(H2,31,32,34). The maximum atomic E-state index is 15.0. The van der Waals surface area contributed by atoms with Gasteiger partial charge in [0.2, 0.25) is 0 Å². The number of benzene rings is 1. The van der Waals surface area contributed by atoms with E-state index in [-0.39, 0.29) is 46.6 Å². The highest BCUT2D eigenvalue weighted by atomic mass is 19.4. The third kappa shape index (κ3) is 5.08. The fourth-order valence-electron chi connectivity index (χ4n) is 5.16. The number of alkyl halides is 3. The highest BCUT2D eigenvalue weighted by Crippen LogP contribution is 2.37. The van der Waals surface area contributed by atoms with Gasteiger partial charge in [-0.05, 0) is 49.3 Å². The number of anilines is 2. The molecule has 210 valence electrons.